The lowest BCUT2D eigenvalue weighted by molar-refractivity contribution is 0.615. The first-order valence-electron chi connectivity index (χ1n) is 6.91. The second-order valence-corrected chi connectivity index (χ2v) is 5.58. The zero-order valence-corrected chi connectivity index (χ0v) is 12.8. The van der Waals surface area contributed by atoms with Crippen molar-refractivity contribution in [2.24, 2.45) is 0 Å². The van der Waals surface area contributed by atoms with Gasteiger partial charge in [-0.1, -0.05) is 18.2 Å². The molecule has 3 aromatic rings. The maximum absolute atomic E-state index is 14.4. The summed E-state index contributed by atoms with van der Waals surface area (Å²) in [6.45, 7) is 3.89. The number of fused-ring (bicyclic) bond motifs is 1. The highest BCUT2D eigenvalue weighted by Crippen LogP contribution is 2.26. The van der Waals surface area contributed by atoms with E-state index in [0.717, 1.165) is 28.0 Å². The minimum atomic E-state index is -0.242. The van der Waals surface area contributed by atoms with Gasteiger partial charge in [-0.2, -0.15) is 0 Å². The molecular weight excluding hydrogens is 287 g/mol. The Morgan fingerprint density at radius 2 is 2.00 bits per heavy atom. The van der Waals surface area contributed by atoms with Crippen molar-refractivity contribution in [3.63, 3.8) is 0 Å². The van der Waals surface area contributed by atoms with Gasteiger partial charge >= 0.3 is 0 Å². The molecular formula is C17H16ClFN2. The Balaban J connectivity index is 2.35. The van der Waals surface area contributed by atoms with Gasteiger partial charge in [0.25, 0.3) is 0 Å². The number of benzene rings is 2. The summed E-state index contributed by atoms with van der Waals surface area (Å²) in [5.74, 6) is 1.00. The number of hydrogen-bond acceptors (Lipinski definition) is 1. The summed E-state index contributed by atoms with van der Waals surface area (Å²) in [4.78, 5) is 4.62. The van der Waals surface area contributed by atoms with Gasteiger partial charge in [0, 0.05) is 12.3 Å². The van der Waals surface area contributed by atoms with Crippen molar-refractivity contribution >= 4 is 22.6 Å². The van der Waals surface area contributed by atoms with Crippen LogP contribution in [0.5, 0.6) is 0 Å². The third-order valence-electron chi connectivity index (χ3n) is 3.61. The van der Waals surface area contributed by atoms with E-state index >= 15 is 0 Å². The van der Waals surface area contributed by atoms with Crippen LogP contribution in [0.15, 0.2) is 36.4 Å². The Morgan fingerprint density at radius 1 is 1.19 bits per heavy atom. The molecule has 0 bridgehead atoms. The first-order valence-corrected chi connectivity index (χ1v) is 7.44. The normalized spacial score (nSPS) is 11.2. The molecule has 0 radical (unpaired) electrons. The minimum Gasteiger partial charge on any atom is -0.293 e. The van der Waals surface area contributed by atoms with E-state index in [0.29, 0.717) is 18.0 Å². The van der Waals surface area contributed by atoms with Crippen LogP contribution >= 0.6 is 11.6 Å². The third-order valence-corrected chi connectivity index (χ3v) is 3.80. The number of rotatable bonds is 3. The molecule has 2 aromatic carbocycles. The number of nitrogens with zero attached hydrogens (tertiary/aromatic N) is 2. The van der Waals surface area contributed by atoms with Crippen molar-refractivity contribution in [1.82, 2.24) is 9.55 Å². The molecule has 3 rings (SSSR count). The van der Waals surface area contributed by atoms with Gasteiger partial charge in [0.1, 0.15) is 11.6 Å². The highest BCUT2D eigenvalue weighted by Gasteiger charge is 2.16. The lowest BCUT2D eigenvalue weighted by Crippen LogP contribution is -2.05. The Kier molecular flexibility index (Phi) is 3.68. The van der Waals surface area contributed by atoms with Crippen molar-refractivity contribution in [1.29, 1.82) is 0 Å². The molecule has 21 heavy (non-hydrogen) atoms. The van der Waals surface area contributed by atoms with Crippen molar-refractivity contribution in [2.75, 3.05) is 5.88 Å². The van der Waals surface area contributed by atoms with Gasteiger partial charge in [-0.3, -0.25) is 4.57 Å². The van der Waals surface area contributed by atoms with Crippen LogP contribution in [0.4, 0.5) is 4.39 Å². The van der Waals surface area contributed by atoms with Crippen LogP contribution < -0.4 is 0 Å². The van der Waals surface area contributed by atoms with E-state index in [2.05, 4.69) is 4.98 Å². The average molecular weight is 303 g/mol. The van der Waals surface area contributed by atoms with Crippen molar-refractivity contribution < 1.29 is 4.39 Å². The molecule has 0 aliphatic carbocycles. The van der Waals surface area contributed by atoms with E-state index in [1.54, 1.807) is 12.1 Å². The van der Waals surface area contributed by atoms with Gasteiger partial charge in [0.05, 0.1) is 16.7 Å². The minimum absolute atomic E-state index is 0.242. The SMILES string of the molecule is Cc1ccc(-n2c(CCCl)nc3cccc(C)c32)c(F)c1. The van der Waals surface area contributed by atoms with E-state index in [1.807, 2.05) is 42.7 Å². The third kappa shape index (κ3) is 2.42. The second kappa shape index (κ2) is 5.49. The highest BCUT2D eigenvalue weighted by atomic mass is 35.5. The zero-order chi connectivity index (χ0) is 15.0. The molecule has 0 saturated carbocycles. The standard InChI is InChI=1S/C17H16ClFN2/c1-11-6-7-15(13(19)10-11)21-16(8-9-18)20-14-5-3-4-12(2)17(14)21/h3-7,10H,8-9H2,1-2H3. The molecule has 1 heterocycles. The van der Waals surface area contributed by atoms with E-state index in [-0.39, 0.29) is 5.82 Å². The fraction of sp³-hybridized carbons (Fsp3) is 0.235. The molecule has 2 nitrogen and oxygen atoms in total. The first-order chi connectivity index (χ1) is 10.1. The van der Waals surface area contributed by atoms with Crippen LogP contribution in [-0.4, -0.2) is 15.4 Å². The summed E-state index contributed by atoms with van der Waals surface area (Å²) in [6, 6.07) is 11.2. The van der Waals surface area contributed by atoms with Crippen LogP contribution in [0.25, 0.3) is 16.7 Å². The summed E-state index contributed by atoms with van der Waals surface area (Å²) in [5.41, 5.74) is 4.31. The molecule has 108 valence electrons. The van der Waals surface area contributed by atoms with E-state index < -0.39 is 0 Å². The largest absolute Gasteiger partial charge is 0.293 e. The molecule has 0 spiro atoms. The quantitative estimate of drug-likeness (QED) is 0.648. The lowest BCUT2D eigenvalue weighted by Gasteiger charge is -2.11. The molecule has 0 amide bonds. The molecule has 0 N–H and O–H groups in total. The molecule has 0 fully saturated rings. The number of aromatic nitrogens is 2. The van der Waals surface area contributed by atoms with Crippen LogP contribution in [0.2, 0.25) is 0 Å². The topological polar surface area (TPSA) is 17.8 Å². The van der Waals surface area contributed by atoms with Crippen molar-refractivity contribution in [3.05, 3.63) is 59.2 Å². The Hall–Kier alpha value is -1.87. The van der Waals surface area contributed by atoms with Gasteiger partial charge in [0.15, 0.2) is 0 Å². The number of imidazole rings is 1. The van der Waals surface area contributed by atoms with E-state index in [4.69, 9.17) is 11.6 Å². The molecule has 0 saturated heterocycles. The maximum Gasteiger partial charge on any atom is 0.147 e. The monoisotopic (exact) mass is 302 g/mol. The summed E-state index contributed by atoms with van der Waals surface area (Å²) >= 11 is 5.88. The Morgan fingerprint density at radius 3 is 2.71 bits per heavy atom. The Labute approximate surface area is 128 Å². The van der Waals surface area contributed by atoms with Crippen LogP contribution in [0.1, 0.15) is 17.0 Å². The maximum atomic E-state index is 14.4. The van der Waals surface area contributed by atoms with E-state index in [9.17, 15) is 4.39 Å². The molecule has 0 unspecified atom stereocenters. The Bertz CT molecular complexity index is 808. The molecule has 0 atom stereocenters. The summed E-state index contributed by atoms with van der Waals surface area (Å²) in [5, 5.41) is 0. The van der Waals surface area contributed by atoms with Gasteiger partial charge in [-0.25, -0.2) is 9.37 Å². The second-order valence-electron chi connectivity index (χ2n) is 5.20. The number of halogens is 2. The summed E-state index contributed by atoms with van der Waals surface area (Å²) in [6.07, 6.45) is 0.600. The van der Waals surface area contributed by atoms with Gasteiger partial charge < -0.3 is 0 Å². The molecule has 1 aromatic heterocycles. The van der Waals surface area contributed by atoms with Crippen molar-refractivity contribution in [3.8, 4) is 5.69 Å². The van der Waals surface area contributed by atoms with Gasteiger partial charge in [-0.05, 0) is 43.2 Å². The van der Waals surface area contributed by atoms with Crippen molar-refractivity contribution in [2.45, 2.75) is 20.3 Å². The van der Waals surface area contributed by atoms with Crippen LogP contribution in [0, 0.1) is 19.7 Å². The van der Waals surface area contributed by atoms with Gasteiger partial charge in [-0.15, -0.1) is 11.6 Å². The first kappa shape index (κ1) is 14.1. The van der Waals surface area contributed by atoms with Crippen LogP contribution in [-0.2, 0) is 6.42 Å². The average Bonchev–Trinajstić information content (AvgIpc) is 2.79. The number of aryl methyl sites for hydroxylation is 3. The summed E-state index contributed by atoms with van der Waals surface area (Å²) in [7, 11) is 0. The zero-order valence-electron chi connectivity index (χ0n) is 12.0. The summed E-state index contributed by atoms with van der Waals surface area (Å²) < 4.78 is 16.3. The lowest BCUT2D eigenvalue weighted by atomic mass is 10.1. The van der Waals surface area contributed by atoms with Crippen LogP contribution in [0.3, 0.4) is 0 Å². The molecule has 4 heteroatoms. The fourth-order valence-corrected chi connectivity index (χ4v) is 2.82. The number of alkyl halides is 1. The highest BCUT2D eigenvalue weighted by molar-refractivity contribution is 6.17. The fourth-order valence-electron chi connectivity index (χ4n) is 2.65. The predicted molar refractivity (Wildman–Crippen MR) is 84.9 cm³/mol. The number of para-hydroxylation sites is 1. The molecule has 0 aliphatic heterocycles. The number of hydrogen-bond donors (Lipinski definition) is 0. The smallest absolute Gasteiger partial charge is 0.147 e. The molecule has 0 aliphatic rings. The van der Waals surface area contributed by atoms with Gasteiger partial charge in [0.2, 0.25) is 0 Å². The van der Waals surface area contributed by atoms with E-state index in [1.165, 1.54) is 0 Å². The predicted octanol–water partition coefficient (Wildman–Crippen LogP) is 4.56.